The van der Waals surface area contributed by atoms with Crippen LogP contribution in [0.2, 0.25) is 0 Å². The largest absolute Gasteiger partial charge is 0.396 e. The fourth-order valence-electron chi connectivity index (χ4n) is 2.20. The maximum atomic E-state index is 9.11. The van der Waals surface area contributed by atoms with E-state index in [1.165, 1.54) is 5.56 Å². The topological polar surface area (TPSA) is 68.6 Å². The predicted molar refractivity (Wildman–Crippen MR) is 90.6 cm³/mol. The summed E-state index contributed by atoms with van der Waals surface area (Å²) in [6.07, 6.45) is 0.707. The van der Waals surface area contributed by atoms with Crippen LogP contribution in [0.15, 0.2) is 29.6 Å². The Morgan fingerprint density at radius 1 is 1.18 bits per heavy atom. The summed E-state index contributed by atoms with van der Waals surface area (Å²) in [5.41, 5.74) is 3.23. The Bertz CT molecular complexity index is 574. The van der Waals surface area contributed by atoms with Crippen LogP contribution in [0.5, 0.6) is 0 Å². The van der Waals surface area contributed by atoms with Crippen LogP contribution < -0.4 is 5.32 Å². The minimum absolute atomic E-state index is 0.115. The van der Waals surface area contributed by atoms with Crippen LogP contribution >= 0.6 is 11.3 Å². The number of rotatable bonds is 9. The number of aryl methyl sites for hydroxylation is 1. The molecule has 0 atom stereocenters. The molecular formula is C16H23N3O2S. The molecule has 0 saturated carbocycles. The molecule has 0 fully saturated rings. The minimum atomic E-state index is 0.115. The predicted octanol–water partition coefficient (Wildman–Crippen LogP) is 2.37. The van der Waals surface area contributed by atoms with Crippen LogP contribution in [-0.2, 0) is 6.54 Å². The van der Waals surface area contributed by atoms with Gasteiger partial charge in [-0.25, -0.2) is 4.98 Å². The van der Waals surface area contributed by atoms with E-state index in [-0.39, 0.29) is 13.2 Å². The molecule has 120 valence electrons. The molecule has 0 radical (unpaired) electrons. The Labute approximate surface area is 135 Å². The Morgan fingerprint density at radius 2 is 2.00 bits per heavy atom. The normalized spacial score (nSPS) is 11.1. The van der Waals surface area contributed by atoms with Crippen molar-refractivity contribution in [3.63, 3.8) is 0 Å². The van der Waals surface area contributed by atoms with Crippen molar-refractivity contribution >= 4 is 22.2 Å². The van der Waals surface area contributed by atoms with Crippen LogP contribution in [0.4, 0.5) is 10.8 Å². The summed E-state index contributed by atoms with van der Waals surface area (Å²) in [6.45, 7) is 4.39. The van der Waals surface area contributed by atoms with Gasteiger partial charge in [-0.2, -0.15) is 0 Å². The monoisotopic (exact) mass is 321 g/mol. The van der Waals surface area contributed by atoms with E-state index in [1.807, 2.05) is 23.6 Å². The van der Waals surface area contributed by atoms with Gasteiger partial charge in [0.05, 0.1) is 12.3 Å². The zero-order valence-corrected chi connectivity index (χ0v) is 13.6. The second kappa shape index (κ2) is 8.85. The molecule has 1 aromatic heterocycles. The molecule has 2 rings (SSSR count). The van der Waals surface area contributed by atoms with Crippen LogP contribution in [0, 0.1) is 6.92 Å². The minimum Gasteiger partial charge on any atom is -0.396 e. The van der Waals surface area contributed by atoms with Crippen molar-refractivity contribution in [2.75, 3.05) is 31.6 Å². The number of nitrogens with one attached hydrogen (secondary N) is 1. The first kappa shape index (κ1) is 16.9. The summed E-state index contributed by atoms with van der Waals surface area (Å²) < 4.78 is 0. The molecule has 1 aromatic carbocycles. The van der Waals surface area contributed by atoms with Crippen LogP contribution in [0.1, 0.15) is 17.7 Å². The zero-order valence-electron chi connectivity index (χ0n) is 12.8. The molecule has 0 aliphatic rings. The van der Waals surface area contributed by atoms with Crippen molar-refractivity contribution in [2.45, 2.75) is 19.9 Å². The van der Waals surface area contributed by atoms with E-state index in [0.717, 1.165) is 23.1 Å². The summed E-state index contributed by atoms with van der Waals surface area (Å²) in [4.78, 5) is 6.70. The Hall–Kier alpha value is -1.47. The fraction of sp³-hybridized carbons (Fsp3) is 0.438. The van der Waals surface area contributed by atoms with Gasteiger partial charge in [0, 0.05) is 37.3 Å². The van der Waals surface area contributed by atoms with E-state index in [4.69, 9.17) is 10.2 Å². The molecule has 0 amide bonds. The molecule has 3 N–H and O–H groups in total. The van der Waals surface area contributed by atoms with Gasteiger partial charge < -0.3 is 15.5 Å². The van der Waals surface area contributed by atoms with Gasteiger partial charge in [0.2, 0.25) is 0 Å². The number of anilines is 2. The highest BCUT2D eigenvalue weighted by Crippen LogP contribution is 2.23. The number of aliphatic hydroxyl groups excluding tert-OH is 2. The van der Waals surface area contributed by atoms with Crippen molar-refractivity contribution in [1.29, 1.82) is 0 Å². The molecule has 0 aliphatic heterocycles. The van der Waals surface area contributed by atoms with Crippen LogP contribution in [-0.4, -0.2) is 46.4 Å². The lowest BCUT2D eigenvalue weighted by atomic mass is 10.2. The lowest BCUT2D eigenvalue weighted by molar-refractivity contribution is 0.173. The smallest absolute Gasteiger partial charge is 0.187 e. The summed E-state index contributed by atoms with van der Waals surface area (Å²) in [5, 5.41) is 24.3. The Kier molecular flexibility index (Phi) is 6.79. The van der Waals surface area contributed by atoms with E-state index in [9.17, 15) is 0 Å². The molecular weight excluding hydrogens is 298 g/mol. The molecule has 5 nitrogen and oxygen atoms in total. The number of aliphatic hydroxyl groups is 2. The number of hydrogen-bond acceptors (Lipinski definition) is 6. The number of thiazole rings is 1. The van der Waals surface area contributed by atoms with Crippen molar-refractivity contribution in [2.24, 2.45) is 0 Å². The summed E-state index contributed by atoms with van der Waals surface area (Å²) >= 11 is 1.58. The third-order valence-electron chi connectivity index (χ3n) is 3.37. The average Bonchev–Trinajstić information content (AvgIpc) is 2.94. The SMILES string of the molecule is Cc1ccccc1Nc1nc(CN(CCO)CCCO)cs1. The van der Waals surface area contributed by atoms with E-state index < -0.39 is 0 Å². The highest BCUT2D eigenvalue weighted by atomic mass is 32.1. The summed E-state index contributed by atoms with van der Waals surface area (Å²) in [6, 6.07) is 8.12. The standard InChI is InChI=1S/C16H23N3O2S/c1-13-5-2-3-6-15(13)18-16-17-14(12-22-16)11-19(8-10-21)7-4-9-20/h2-3,5-6,12,20-21H,4,7-11H2,1H3,(H,17,18). The van der Waals surface area contributed by atoms with Gasteiger partial charge in [0.1, 0.15) is 0 Å². The quantitative estimate of drug-likeness (QED) is 0.661. The highest BCUT2D eigenvalue weighted by Gasteiger charge is 2.09. The van der Waals surface area contributed by atoms with Gasteiger partial charge >= 0.3 is 0 Å². The second-order valence-electron chi connectivity index (χ2n) is 5.16. The molecule has 0 spiro atoms. The van der Waals surface area contributed by atoms with Crippen LogP contribution in [0.3, 0.4) is 0 Å². The molecule has 0 aliphatic carbocycles. The van der Waals surface area contributed by atoms with Gasteiger partial charge in [0.25, 0.3) is 0 Å². The maximum absolute atomic E-state index is 9.11. The van der Waals surface area contributed by atoms with E-state index >= 15 is 0 Å². The Balaban J connectivity index is 1.96. The number of hydrogen-bond donors (Lipinski definition) is 3. The van der Waals surface area contributed by atoms with Gasteiger partial charge in [-0.1, -0.05) is 18.2 Å². The van der Waals surface area contributed by atoms with Gasteiger partial charge in [-0.3, -0.25) is 4.90 Å². The molecule has 1 heterocycles. The van der Waals surface area contributed by atoms with Gasteiger partial charge in [0.15, 0.2) is 5.13 Å². The van der Waals surface area contributed by atoms with Gasteiger partial charge in [-0.05, 0) is 25.0 Å². The first-order valence-electron chi connectivity index (χ1n) is 7.44. The first-order chi connectivity index (χ1) is 10.7. The lowest BCUT2D eigenvalue weighted by Gasteiger charge is -2.19. The second-order valence-corrected chi connectivity index (χ2v) is 6.02. The molecule has 0 saturated heterocycles. The molecule has 0 unspecified atom stereocenters. The van der Waals surface area contributed by atoms with E-state index in [2.05, 4.69) is 28.2 Å². The number of benzene rings is 1. The third kappa shape index (κ3) is 5.06. The first-order valence-corrected chi connectivity index (χ1v) is 8.32. The molecule has 22 heavy (non-hydrogen) atoms. The zero-order chi connectivity index (χ0) is 15.8. The van der Waals surface area contributed by atoms with Gasteiger partial charge in [-0.15, -0.1) is 11.3 Å². The molecule has 6 heteroatoms. The van der Waals surface area contributed by atoms with E-state index in [0.29, 0.717) is 19.5 Å². The number of nitrogens with zero attached hydrogens (tertiary/aromatic N) is 2. The fourth-order valence-corrected chi connectivity index (χ4v) is 2.91. The van der Waals surface area contributed by atoms with Crippen LogP contribution in [0.25, 0.3) is 0 Å². The van der Waals surface area contributed by atoms with Crippen molar-refractivity contribution in [1.82, 2.24) is 9.88 Å². The number of para-hydroxylation sites is 1. The van der Waals surface area contributed by atoms with E-state index in [1.54, 1.807) is 11.3 Å². The molecule has 0 bridgehead atoms. The average molecular weight is 321 g/mol. The number of aromatic nitrogens is 1. The summed E-state index contributed by atoms with van der Waals surface area (Å²) in [5.74, 6) is 0. The maximum Gasteiger partial charge on any atom is 0.187 e. The third-order valence-corrected chi connectivity index (χ3v) is 4.18. The van der Waals surface area contributed by atoms with Crippen molar-refractivity contribution in [3.8, 4) is 0 Å². The van der Waals surface area contributed by atoms with Crippen molar-refractivity contribution < 1.29 is 10.2 Å². The summed E-state index contributed by atoms with van der Waals surface area (Å²) in [7, 11) is 0. The highest BCUT2D eigenvalue weighted by molar-refractivity contribution is 7.13. The molecule has 2 aromatic rings. The Morgan fingerprint density at radius 3 is 2.73 bits per heavy atom. The lowest BCUT2D eigenvalue weighted by Crippen LogP contribution is -2.28. The van der Waals surface area contributed by atoms with Crippen molar-refractivity contribution in [3.05, 3.63) is 40.9 Å².